The molecule has 0 radical (unpaired) electrons. The number of nitrogens with zero attached hydrogens (tertiary/aromatic N) is 2. The van der Waals surface area contributed by atoms with Crippen molar-refractivity contribution in [3.8, 4) is 0 Å². The Balaban J connectivity index is 4.33. The van der Waals surface area contributed by atoms with Gasteiger partial charge in [0.15, 0.2) is 0 Å². The zero-order valence-corrected chi connectivity index (χ0v) is 7.99. The fourth-order valence-corrected chi connectivity index (χ4v) is 0.672. The van der Waals surface area contributed by atoms with Crippen molar-refractivity contribution in [2.24, 2.45) is 15.9 Å². The normalized spacial score (nSPS) is 13.5. The van der Waals surface area contributed by atoms with Gasteiger partial charge in [-0.2, -0.15) is 0 Å². The van der Waals surface area contributed by atoms with Gasteiger partial charge in [-0.25, -0.2) is 9.98 Å². The van der Waals surface area contributed by atoms with Crippen molar-refractivity contribution in [1.82, 2.24) is 0 Å². The number of rotatable bonds is 4. The molecule has 0 fully saturated rings. The molecule has 12 heavy (non-hydrogen) atoms. The molecule has 2 heteroatoms. The van der Waals surface area contributed by atoms with Crippen LogP contribution in [0.25, 0.3) is 0 Å². The van der Waals surface area contributed by atoms with Crippen molar-refractivity contribution < 1.29 is 0 Å². The highest BCUT2D eigenvalue weighted by Crippen LogP contribution is 2.09. The van der Waals surface area contributed by atoms with E-state index in [0.29, 0.717) is 5.92 Å². The van der Waals surface area contributed by atoms with Gasteiger partial charge < -0.3 is 0 Å². The van der Waals surface area contributed by atoms with Gasteiger partial charge in [0.25, 0.3) is 0 Å². The lowest BCUT2D eigenvalue weighted by atomic mass is 10.1. The molecule has 0 heterocycles. The van der Waals surface area contributed by atoms with Gasteiger partial charge in [-0.15, -0.1) is 0 Å². The van der Waals surface area contributed by atoms with Crippen molar-refractivity contribution in [2.45, 2.75) is 20.8 Å². The zero-order chi connectivity index (χ0) is 9.40. The van der Waals surface area contributed by atoms with Crippen molar-refractivity contribution in [1.29, 1.82) is 0 Å². The second-order valence-corrected chi connectivity index (χ2v) is 2.63. The largest absolute Gasteiger partial charge is 0.250 e. The molecule has 0 atom stereocenters. The molecule has 0 aromatic heterocycles. The van der Waals surface area contributed by atoms with Crippen LogP contribution in [0.15, 0.2) is 34.4 Å². The van der Waals surface area contributed by atoms with Gasteiger partial charge in [-0.1, -0.05) is 26.5 Å². The van der Waals surface area contributed by atoms with Crippen molar-refractivity contribution in [2.75, 3.05) is 0 Å². The predicted molar refractivity (Wildman–Crippen MR) is 55.8 cm³/mol. The van der Waals surface area contributed by atoms with Gasteiger partial charge in [0.1, 0.15) is 6.34 Å². The summed E-state index contributed by atoms with van der Waals surface area (Å²) in [7, 11) is 0. The van der Waals surface area contributed by atoms with E-state index in [1.165, 1.54) is 0 Å². The second-order valence-electron chi connectivity index (χ2n) is 2.63. The summed E-state index contributed by atoms with van der Waals surface area (Å²) in [6.07, 6.45) is 6.89. The summed E-state index contributed by atoms with van der Waals surface area (Å²) in [5.74, 6) is 0.409. The lowest BCUT2D eigenvalue weighted by Gasteiger charge is -2.02. The molecule has 0 aliphatic heterocycles. The van der Waals surface area contributed by atoms with Crippen LogP contribution in [0, 0.1) is 5.92 Å². The Morgan fingerprint density at radius 1 is 1.42 bits per heavy atom. The first-order valence-corrected chi connectivity index (χ1v) is 4.05. The Bertz CT molecular complexity index is 210. The fourth-order valence-electron chi connectivity index (χ4n) is 0.672. The Hall–Kier alpha value is -1.18. The van der Waals surface area contributed by atoms with Crippen LogP contribution < -0.4 is 0 Å². The average molecular weight is 164 g/mol. The Kier molecular flexibility index (Phi) is 5.88. The highest BCUT2D eigenvalue weighted by molar-refractivity contribution is 5.71. The van der Waals surface area contributed by atoms with E-state index in [1.807, 2.05) is 13.0 Å². The minimum absolute atomic E-state index is 0.409. The molecule has 0 spiro atoms. The Labute approximate surface area is 74.4 Å². The molecule has 0 N–H and O–H groups in total. The first-order chi connectivity index (χ1) is 5.72. The number of hydrogen-bond acceptors (Lipinski definition) is 1. The van der Waals surface area contributed by atoms with E-state index in [-0.39, 0.29) is 0 Å². The molecule has 0 bridgehead atoms. The van der Waals surface area contributed by atoms with Crippen LogP contribution in [0.5, 0.6) is 0 Å². The number of hydrogen-bond donors (Lipinski definition) is 0. The highest BCUT2D eigenvalue weighted by atomic mass is 14.9. The summed E-state index contributed by atoms with van der Waals surface area (Å²) in [6.45, 7) is 9.65. The van der Waals surface area contributed by atoms with Crippen LogP contribution in [0.3, 0.4) is 0 Å². The summed E-state index contributed by atoms with van der Waals surface area (Å²) >= 11 is 0. The molecule has 0 saturated carbocycles. The summed E-state index contributed by atoms with van der Waals surface area (Å²) in [4.78, 5) is 8.05. The van der Waals surface area contributed by atoms with E-state index in [1.54, 1.807) is 18.6 Å². The number of allylic oxidation sites excluding steroid dienone is 3. The van der Waals surface area contributed by atoms with Crippen molar-refractivity contribution in [3.05, 3.63) is 24.4 Å². The minimum atomic E-state index is 0.409. The first kappa shape index (κ1) is 10.8. The SMILES string of the molecule is C=C\C=C(/N=C\N=C\C)C(C)C. The van der Waals surface area contributed by atoms with Gasteiger partial charge >= 0.3 is 0 Å². The molecule has 0 aromatic rings. The molecule has 0 unspecified atom stereocenters. The van der Waals surface area contributed by atoms with Crippen molar-refractivity contribution >= 4 is 12.6 Å². The maximum atomic E-state index is 4.17. The smallest absolute Gasteiger partial charge is 0.115 e. The van der Waals surface area contributed by atoms with Crippen LogP contribution in [0.2, 0.25) is 0 Å². The maximum Gasteiger partial charge on any atom is 0.115 e. The monoisotopic (exact) mass is 164 g/mol. The maximum absolute atomic E-state index is 4.17. The Morgan fingerprint density at radius 2 is 2.08 bits per heavy atom. The standard InChI is InChI=1S/C10H16N2/c1-5-7-10(9(3)4)12-8-11-6-2/h5-9H,1H2,2-4H3/b10-7-,11-6+,12-8-. The highest BCUT2D eigenvalue weighted by Gasteiger charge is 1.97. The van der Waals surface area contributed by atoms with Gasteiger partial charge in [0.2, 0.25) is 0 Å². The quantitative estimate of drug-likeness (QED) is 0.347. The molecule has 66 valence electrons. The van der Waals surface area contributed by atoms with E-state index in [0.717, 1.165) is 5.70 Å². The average Bonchev–Trinajstić information content (AvgIpc) is 2.03. The molecule has 0 aromatic carbocycles. The summed E-state index contributed by atoms with van der Waals surface area (Å²) in [5, 5.41) is 0. The van der Waals surface area contributed by atoms with E-state index < -0.39 is 0 Å². The van der Waals surface area contributed by atoms with Crippen LogP contribution in [-0.2, 0) is 0 Å². The summed E-state index contributed by atoms with van der Waals surface area (Å²) < 4.78 is 0. The van der Waals surface area contributed by atoms with Crippen molar-refractivity contribution in [3.63, 3.8) is 0 Å². The molecule has 2 nitrogen and oxygen atoms in total. The molecule has 0 aliphatic carbocycles. The van der Waals surface area contributed by atoms with E-state index in [2.05, 4.69) is 30.4 Å². The minimum Gasteiger partial charge on any atom is -0.250 e. The van der Waals surface area contributed by atoms with E-state index in [4.69, 9.17) is 0 Å². The third-order valence-corrected chi connectivity index (χ3v) is 1.30. The molecule has 0 aliphatic rings. The molecule has 0 saturated heterocycles. The number of aliphatic imine (C=N–C) groups is 2. The second kappa shape index (κ2) is 6.53. The summed E-state index contributed by atoms with van der Waals surface area (Å²) in [6, 6.07) is 0. The van der Waals surface area contributed by atoms with E-state index in [9.17, 15) is 0 Å². The third-order valence-electron chi connectivity index (χ3n) is 1.30. The molecule has 0 amide bonds. The Morgan fingerprint density at radius 3 is 2.50 bits per heavy atom. The summed E-state index contributed by atoms with van der Waals surface area (Å²) in [5.41, 5.74) is 0.996. The topological polar surface area (TPSA) is 24.7 Å². The lowest BCUT2D eigenvalue weighted by molar-refractivity contribution is 0.759. The van der Waals surface area contributed by atoms with Gasteiger partial charge in [-0.05, 0) is 18.9 Å². The van der Waals surface area contributed by atoms with Gasteiger partial charge in [0, 0.05) is 11.9 Å². The zero-order valence-electron chi connectivity index (χ0n) is 7.99. The first-order valence-electron chi connectivity index (χ1n) is 4.05. The molecular formula is C10H16N2. The van der Waals surface area contributed by atoms with Crippen LogP contribution in [-0.4, -0.2) is 12.6 Å². The lowest BCUT2D eigenvalue weighted by Crippen LogP contribution is -1.90. The van der Waals surface area contributed by atoms with Crippen LogP contribution in [0.1, 0.15) is 20.8 Å². The predicted octanol–water partition coefficient (Wildman–Crippen LogP) is 2.83. The van der Waals surface area contributed by atoms with E-state index >= 15 is 0 Å². The third kappa shape index (κ3) is 4.61. The molecule has 0 rings (SSSR count). The molecular weight excluding hydrogens is 148 g/mol. The van der Waals surface area contributed by atoms with Crippen LogP contribution >= 0.6 is 0 Å². The fraction of sp³-hybridized carbons (Fsp3) is 0.400. The van der Waals surface area contributed by atoms with Gasteiger partial charge in [0.05, 0.1) is 0 Å². The van der Waals surface area contributed by atoms with Gasteiger partial charge in [-0.3, -0.25) is 0 Å². The van der Waals surface area contributed by atoms with Crippen LogP contribution in [0.4, 0.5) is 0 Å².